The highest BCUT2D eigenvalue weighted by Gasteiger charge is 2.66. The molecule has 0 aromatic heterocycles. The molecule has 4 aliphatic carbocycles. The van der Waals surface area contributed by atoms with Crippen LogP contribution in [0.25, 0.3) is 0 Å². The molecule has 24 heavy (non-hydrogen) atoms. The van der Waals surface area contributed by atoms with E-state index in [1.165, 1.54) is 0 Å². The lowest BCUT2D eigenvalue weighted by molar-refractivity contribution is -0.154. The average Bonchev–Trinajstić information content (AvgIpc) is 3.23. The van der Waals surface area contributed by atoms with Gasteiger partial charge in [-0.1, -0.05) is 13.2 Å². The van der Waals surface area contributed by atoms with E-state index in [0.717, 1.165) is 25.7 Å². The molecular weight excluding hydrogens is 304 g/mol. The highest BCUT2D eigenvalue weighted by atomic mass is 16.5. The molecule has 4 heteroatoms. The largest absolute Gasteiger partial charge is 0.459 e. The number of esters is 2. The number of carbonyl (C=O) groups excluding carboxylic acids is 2. The van der Waals surface area contributed by atoms with Crippen molar-refractivity contribution in [3.63, 3.8) is 0 Å². The Balaban J connectivity index is 1.44. The predicted molar refractivity (Wildman–Crippen MR) is 88.8 cm³/mol. The number of hydrogen-bond acceptors (Lipinski definition) is 4. The van der Waals surface area contributed by atoms with Gasteiger partial charge in [0.25, 0.3) is 0 Å². The van der Waals surface area contributed by atoms with E-state index in [2.05, 4.69) is 13.2 Å². The summed E-state index contributed by atoms with van der Waals surface area (Å²) in [6, 6.07) is 0. The van der Waals surface area contributed by atoms with Gasteiger partial charge in [-0.3, -0.25) is 0 Å². The number of fused-ring (bicyclic) bond motifs is 9. The molecule has 8 unspecified atom stereocenters. The van der Waals surface area contributed by atoms with E-state index in [4.69, 9.17) is 9.47 Å². The lowest BCUT2D eigenvalue weighted by Gasteiger charge is -2.40. The Kier molecular flexibility index (Phi) is 3.63. The van der Waals surface area contributed by atoms with Crippen LogP contribution in [0, 0.1) is 35.5 Å². The van der Waals surface area contributed by atoms with Crippen molar-refractivity contribution in [2.75, 3.05) is 0 Å². The molecule has 0 radical (unpaired) electrons. The molecule has 0 aromatic carbocycles. The van der Waals surface area contributed by atoms with Crippen LogP contribution in [0.2, 0.25) is 0 Å². The standard InChI is InChI=1S/C20H26O4/c1-9(2)19(21)23-15-7-11-5-13(15)17-12-6-14(18(11)17)16(8-12)24-20(22)10(3)4/h11-18H,1,3,5-8H2,2,4H3. The SMILES string of the molecule is C=C(C)C(=O)OC1CC2CC1C1C3CC(OC(=O)C(=C)C)C(C3)C21. The Bertz CT molecular complexity index is 567. The summed E-state index contributed by atoms with van der Waals surface area (Å²) in [4.78, 5) is 23.8. The smallest absolute Gasteiger partial charge is 0.333 e. The van der Waals surface area contributed by atoms with Gasteiger partial charge in [-0.05, 0) is 75.0 Å². The van der Waals surface area contributed by atoms with Gasteiger partial charge in [0, 0.05) is 11.1 Å². The van der Waals surface area contributed by atoms with Crippen LogP contribution in [0.3, 0.4) is 0 Å². The van der Waals surface area contributed by atoms with Crippen molar-refractivity contribution >= 4 is 11.9 Å². The first-order valence-corrected chi connectivity index (χ1v) is 9.09. The van der Waals surface area contributed by atoms with E-state index in [0.29, 0.717) is 46.7 Å². The number of rotatable bonds is 4. The minimum Gasteiger partial charge on any atom is -0.459 e. The Labute approximate surface area is 143 Å². The lowest BCUT2D eigenvalue weighted by atomic mass is 9.69. The highest BCUT2D eigenvalue weighted by Crippen LogP contribution is 2.68. The summed E-state index contributed by atoms with van der Waals surface area (Å²) in [5.41, 5.74) is 0.961. The van der Waals surface area contributed by atoms with Crippen molar-refractivity contribution in [2.45, 2.75) is 51.7 Å². The molecule has 0 heterocycles. The molecule has 0 spiro atoms. The van der Waals surface area contributed by atoms with Crippen LogP contribution in [-0.4, -0.2) is 24.1 Å². The Morgan fingerprint density at radius 1 is 0.750 bits per heavy atom. The van der Waals surface area contributed by atoms with Gasteiger partial charge in [0.15, 0.2) is 0 Å². The van der Waals surface area contributed by atoms with Gasteiger partial charge < -0.3 is 9.47 Å². The first-order chi connectivity index (χ1) is 11.4. The highest BCUT2D eigenvalue weighted by molar-refractivity contribution is 5.87. The molecule has 130 valence electrons. The second-order valence-electron chi connectivity index (χ2n) is 8.39. The van der Waals surface area contributed by atoms with Crippen molar-refractivity contribution in [1.82, 2.24) is 0 Å². The molecule has 4 aliphatic rings. The molecule has 4 rings (SSSR count). The van der Waals surface area contributed by atoms with E-state index >= 15 is 0 Å². The van der Waals surface area contributed by atoms with Gasteiger partial charge in [-0.15, -0.1) is 0 Å². The summed E-state index contributed by atoms with van der Waals surface area (Å²) < 4.78 is 11.4. The summed E-state index contributed by atoms with van der Waals surface area (Å²) in [5, 5.41) is 0. The van der Waals surface area contributed by atoms with E-state index in [1.807, 2.05) is 0 Å². The molecule has 4 fully saturated rings. The van der Waals surface area contributed by atoms with Crippen molar-refractivity contribution in [2.24, 2.45) is 35.5 Å². The first kappa shape index (κ1) is 15.9. The predicted octanol–water partition coefficient (Wildman–Crippen LogP) is 3.27. The molecule has 8 atom stereocenters. The van der Waals surface area contributed by atoms with E-state index < -0.39 is 0 Å². The van der Waals surface area contributed by atoms with Crippen LogP contribution < -0.4 is 0 Å². The Morgan fingerprint density at radius 3 is 1.46 bits per heavy atom. The fourth-order valence-electron chi connectivity index (χ4n) is 6.23. The van der Waals surface area contributed by atoms with Gasteiger partial charge in [-0.25, -0.2) is 9.59 Å². The summed E-state index contributed by atoms with van der Waals surface area (Å²) in [5.74, 6) is 3.02. The van der Waals surface area contributed by atoms with Crippen LogP contribution in [0.15, 0.2) is 24.3 Å². The van der Waals surface area contributed by atoms with Gasteiger partial charge in [0.2, 0.25) is 0 Å². The van der Waals surface area contributed by atoms with Gasteiger partial charge in [0.05, 0.1) is 0 Å². The second kappa shape index (κ2) is 5.47. The maximum atomic E-state index is 11.9. The van der Waals surface area contributed by atoms with Crippen LogP contribution in [0.4, 0.5) is 0 Å². The Hall–Kier alpha value is -1.58. The number of hydrogen-bond donors (Lipinski definition) is 0. The van der Waals surface area contributed by atoms with Crippen molar-refractivity contribution in [3.05, 3.63) is 24.3 Å². The molecule has 0 amide bonds. The molecule has 0 aliphatic heterocycles. The Morgan fingerprint density at radius 2 is 1.12 bits per heavy atom. The molecule has 4 nitrogen and oxygen atoms in total. The number of ether oxygens (including phenoxy) is 2. The number of carbonyl (C=O) groups is 2. The fraction of sp³-hybridized carbons (Fsp3) is 0.700. The topological polar surface area (TPSA) is 52.6 Å². The third kappa shape index (κ3) is 2.26. The minimum atomic E-state index is -0.250. The average molecular weight is 330 g/mol. The fourth-order valence-corrected chi connectivity index (χ4v) is 6.23. The van der Waals surface area contributed by atoms with Crippen LogP contribution in [-0.2, 0) is 19.1 Å². The van der Waals surface area contributed by atoms with E-state index in [1.54, 1.807) is 13.8 Å². The van der Waals surface area contributed by atoms with Gasteiger partial charge in [0.1, 0.15) is 12.2 Å². The maximum Gasteiger partial charge on any atom is 0.333 e. The minimum absolute atomic E-state index is 0.0659. The molecule has 0 N–H and O–H groups in total. The van der Waals surface area contributed by atoms with Crippen molar-refractivity contribution < 1.29 is 19.1 Å². The zero-order valence-electron chi connectivity index (χ0n) is 14.5. The molecule has 4 saturated carbocycles. The van der Waals surface area contributed by atoms with E-state index in [-0.39, 0.29) is 24.1 Å². The third-order valence-electron chi connectivity index (χ3n) is 6.91. The molecule has 0 aromatic rings. The first-order valence-electron chi connectivity index (χ1n) is 9.09. The third-order valence-corrected chi connectivity index (χ3v) is 6.91. The summed E-state index contributed by atoms with van der Waals surface area (Å²) >= 11 is 0. The zero-order chi connectivity index (χ0) is 17.2. The molecule has 0 saturated heterocycles. The van der Waals surface area contributed by atoms with Crippen LogP contribution in [0.5, 0.6) is 0 Å². The quantitative estimate of drug-likeness (QED) is 0.451. The summed E-state index contributed by atoms with van der Waals surface area (Å²) in [6.45, 7) is 10.8. The van der Waals surface area contributed by atoms with Gasteiger partial charge >= 0.3 is 11.9 Å². The van der Waals surface area contributed by atoms with Crippen molar-refractivity contribution in [1.29, 1.82) is 0 Å². The van der Waals surface area contributed by atoms with E-state index in [9.17, 15) is 9.59 Å². The monoisotopic (exact) mass is 330 g/mol. The van der Waals surface area contributed by atoms with Crippen LogP contribution >= 0.6 is 0 Å². The molecular formula is C20H26O4. The maximum absolute atomic E-state index is 11.9. The van der Waals surface area contributed by atoms with Gasteiger partial charge in [-0.2, -0.15) is 0 Å². The summed E-state index contributed by atoms with van der Waals surface area (Å²) in [6.07, 6.45) is 4.40. The molecule has 4 bridgehead atoms. The lowest BCUT2D eigenvalue weighted by Crippen LogP contribution is -2.42. The van der Waals surface area contributed by atoms with Crippen LogP contribution in [0.1, 0.15) is 39.5 Å². The summed E-state index contributed by atoms with van der Waals surface area (Å²) in [7, 11) is 0. The zero-order valence-corrected chi connectivity index (χ0v) is 14.5. The van der Waals surface area contributed by atoms with Crippen molar-refractivity contribution in [3.8, 4) is 0 Å². The normalized spacial score (nSPS) is 44.2. The second-order valence-corrected chi connectivity index (χ2v) is 8.39.